The Morgan fingerprint density at radius 3 is 2.44 bits per heavy atom. The molecule has 134 valence electrons. The maximum Gasteiger partial charge on any atom is 0.329 e. The number of ether oxygens (including phenoxy) is 1. The molecule has 3 rings (SSSR count). The van der Waals surface area contributed by atoms with E-state index in [4.69, 9.17) is 4.74 Å². The Morgan fingerprint density at radius 1 is 1.28 bits per heavy atom. The van der Waals surface area contributed by atoms with Gasteiger partial charge in [0.05, 0.1) is 11.8 Å². The quantitative estimate of drug-likeness (QED) is 0.563. The zero-order valence-corrected chi connectivity index (χ0v) is 15.4. The van der Waals surface area contributed by atoms with Crippen LogP contribution in [0.1, 0.15) is 38.2 Å². The zero-order chi connectivity index (χ0) is 18.1. The minimum atomic E-state index is -0.996. The second kappa shape index (κ2) is 7.23. The monoisotopic (exact) mass is 411 g/mol. The van der Waals surface area contributed by atoms with Gasteiger partial charge in [-0.2, -0.15) is 0 Å². The van der Waals surface area contributed by atoms with Crippen LogP contribution in [0, 0.1) is 17.7 Å². The number of halogens is 2. The van der Waals surface area contributed by atoms with Gasteiger partial charge in [-0.15, -0.1) is 0 Å². The molecule has 1 aliphatic heterocycles. The molecule has 2 fully saturated rings. The Labute approximate surface area is 153 Å². The highest BCUT2D eigenvalue weighted by molar-refractivity contribution is 9.10. The third-order valence-electron chi connectivity index (χ3n) is 4.99. The van der Waals surface area contributed by atoms with Gasteiger partial charge in [-0.3, -0.25) is 14.5 Å². The smallest absolute Gasteiger partial charge is 0.329 e. The van der Waals surface area contributed by atoms with Crippen LogP contribution in [0.5, 0.6) is 0 Å². The van der Waals surface area contributed by atoms with E-state index in [9.17, 15) is 18.8 Å². The number of imide groups is 1. The largest absolute Gasteiger partial charge is 0.459 e. The normalized spacial score (nSPS) is 24.2. The lowest BCUT2D eigenvalue weighted by Crippen LogP contribution is -2.44. The van der Waals surface area contributed by atoms with E-state index in [1.165, 1.54) is 19.1 Å². The lowest BCUT2D eigenvalue weighted by Gasteiger charge is -2.21. The van der Waals surface area contributed by atoms with Crippen molar-refractivity contribution in [3.8, 4) is 0 Å². The van der Waals surface area contributed by atoms with Crippen molar-refractivity contribution in [1.82, 2.24) is 4.90 Å². The molecule has 1 aliphatic carbocycles. The SMILES string of the molecule is C[C@@H](C(=O)OCc1ccc(Br)cc1F)N1C(=O)[C@@H]2CCCC[C@H]2C1=O. The number of hydrogen-bond acceptors (Lipinski definition) is 4. The first-order valence-corrected chi connectivity index (χ1v) is 9.17. The van der Waals surface area contributed by atoms with Crippen LogP contribution in [0.15, 0.2) is 22.7 Å². The van der Waals surface area contributed by atoms with Gasteiger partial charge in [0.15, 0.2) is 0 Å². The molecule has 0 spiro atoms. The van der Waals surface area contributed by atoms with Crippen LogP contribution in [0.4, 0.5) is 4.39 Å². The number of carbonyl (C=O) groups is 3. The highest BCUT2D eigenvalue weighted by Gasteiger charge is 2.51. The van der Waals surface area contributed by atoms with Crippen LogP contribution in [0.3, 0.4) is 0 Å². The van der Waals surface area contributed by atoms with E-state index in [2.05, 4.69) is 15.9 Å². The van der Waals surface area contributed by atoms with Gasteiger partial charge in [-0.05, 0) is 31.9 Å². The maximum absolute atomic E-state index is 13.8. The Hall–Kier alpha value is -1.76. The summed E-state index contributed by atoms with van der Waals surface area (Å²) < 4.78 is 19.5. The van der Waals surface area contributed by atoms with Crippen molar-refractivity contribution in [2.45, 2.75) is 45.3 Å². The van der Waals surface area contributed by atoms with Gasteiger partial charge in [-0.1, -0.05) is 34.8 Å². The molecule has 0 bridgehead atoms. The van der Waals surface area contributed by atoms with Crippen molar-refractivity contribution in [2.24, 2.45) is 11.8 Å². The average Bonchev–Trinajstić information content (AvgIpc) is 2.85. The van der Waals surface area contributed by atoms with Crippen LogP contribution in [-0.4, -0.2) is 28.7 Å². The summed E-state index contributed by atoms with van der Waals surface area (Å²) in [5.74, 6) is -2.37. The van der Waals surface area contributed by atoms with E-state index in [-0.39, 0.29) is 35.8 Å². The second-order valence-electron chi connectivity index (χ2n) is 6.56. The number of likely N-dealkylation sites (tertiary alicyclic amines) is 1. The lowest BCUT2D eigenvalue weighted by molar-refractivity contribution is -0.159. The van der Waals surface area contributed by atoms with Gasteiger partial charge in [-0.25, -0.2) is 9.18 Å². The van der Waals surface area contributed by atoms with E-state index < -0.39 is 17.8 Å². The van der Waals surface area contributed by atoms with Crippen LogP contribution < -0.4 is 0 Å². The molecule has 25 heavy (non-hydrogen) atoms. The number of carbonyl (C=O) groups excluding carboxylic acids is 3. The zero-order valence-electron chi connectivity index (χ0n) is 13.8. The van der Waals surface area contributed by atoms with Crippen LogP contribution >= 0.6 is 15.9 Å². The predicted molar refractivity (Wildman–Crippen MR) is 90.7 cm³/mol. The number of nitrogens with zero attached hydrogens (tertiary/aromatic N) is 1. The minimum absolute atomic E-state index is 0.233. The highest BCUT2D eigenvalue weighted by Crippen LogP contribution is 2.38. The van der Waals surface area contributed by atoms with Crippen molar-refractivity contribution >= 4 is 33.7 Å². The molecule has 1 saturated heterocycles. The fraction of sp³-hybridized carbons (Fsp3) is 0.500. The van der Waals surface area contributed by atoms with Gasteiger partial charge in [0.25, 0.3) is 0 Å². The second-order valence-corrected chi connectivity index (χ2v) is 7.48. The van der Waals surface area contributed by atoms with Crippen molar-refractivity contribution < 1.29 is 23.5 Å². The molecule has 0 radical (unpaired) electrons. The minimum Gasteiger partial charge on any atom is -0.459 e. The molecule has 0 unspecified atom stereocenters. The maximum atomic E-state index is 13.8. The van der Waals surface area contributed by atoms with Crippen molar-refractivity contribution in [1.29, 1.82) is 0 Å². The fourth-order valence-corrected chi connectivity index (χ4v) is 3.92. The number of fused-ring (bicyclic) bond motifs is 1. The molecule has 2 aliphatic rings. The molecule has 2 amide bonds. The van der Waals surface area contributed by atoms with Gasteiger partial charge in [0.2, 0.25) is 11.8 Å². The average molecular weight is 412 g/mol. The first-order valence-electron chi connectivity index (χ1n) is 8.37. The number of benzene rings is 1. The Morgan fingerprint density at radius 2 is 1.88 bits per heavy atom. The molecule has 5 nitrogen and oxygen atoms in total. The van der Waals surface area contributed by atoms with Crippen LogP contribution in [-0.2, 0) is 25.7 Å². The molecule has 1 aromatic carbocycles. The summed E-state index contributed by atoms with van der Waals surface area (Å²) in [6.07, 6.45) is 3.24. The topological polar surface area (TPSA) is 63.7 Å². The Kier molecular flexibility index (Phi) is 5.22. The molecule has 7 heteroatoms. The van der Waals surface area contributed by atoms with Crippen molar-refractivity contribution in [2.75, 3.05) is 0 Å². The van der Waals surface area contributed by atoms with Crippen molar-refractivity contribution in [3.63, 3.8) is 0 Å². The Balaban J connectivity index is 1.66. The summed E-state index contributed by atoms with van der Waals surface area (Å²) in [4.78, 5) is 38.3. The first-order chi connectivity index (χ1) is 11.9. The van der Waals surface area contributed by atoms with Crippen LogP contribution in [0.25, 0.3) is 0 Å². The summed E-state index contributed by atoms with van der Waals surface area (Å²) in [6.45, 7) is 1.23. The van der Waals surface area contributed by atoms with Gasteiger partial charge >= 0.3 is 5.97 Å². The van der Waals surface area contributed by atoms with E-state index in [0.717, 1.165) is 17.7 Å². The summed E-state index contributed by atoms with van der Waals surface area (Å²) in [5, 5.41) is 0. The molecule has 0 N–H and O–H groups in total. The summed E-state index contributed by atoms with van der Waals surface area (Å²) in [6, 6.07) is 3.45. The lowest BCUT2D eigenvalue weighted by atomic mass is 9.81. The third-order valence-corrected chi connectivity index (χ3v) is 5.48. The number of hydrogen-bond donors (Lipinski definition) is 0. The predicted octanol–water partition coefficient (Wildman–Crippen LogP) is 3.20. The summed E-state index contributed by atoms with van der Waals surface area (Å²) in [7, 11) is 0. The number of esters is 1. The van der Waals surface area contributed by atoms with Gasteiger partial charge in [0.1, 0.15) is 18.5 Å². The third kappa shape index (κ3) is 3.47. The first kappa shape index (κ1) is 18.0. The number of amides is 2. The Bertz CT molecular complexity index is 699. The molecule has 3 atom stereocenters. The molecule has 1 heterocycles. The summed E-state index contributed by atoms with van der Waals surface area (Å²) in [5.41, 5.74) is 0.233. The highest BCUT2D eigenvalue weighted by atomic mass is 79.9. The number of rotatable bonds is 4. The summed E-state index contributed by atoms with van der Waals surface area (Å²) >= 11 is 3.16. The van der Waals surface area contributed by atoms with Gasteiger partial charge < -0.3 is 4.74 Å². The van der Waals surface area contributed by atoms with Gasteiger partial charge in [0, 0.05) is 10.0 Å². The van der Waals surface area contributed by atoms with Crippen molar-refractivity contribution in [3.05, 3.63) is 34.1 Å². The molecule has 1 aromatic rings. The molecule has 1 saturated carbocycles. The van der Waals surface area contributed by atoms with E-state index >= 15 is 0 Å². The standard InChI is InChI=1S/C18H19BrFNO4/c1-10(18(24)25-9-11-6-7-12(19)8-15(11)20)21-16(22)13-4-2-3-5-14(13)17(21)23/h6-8,10,13-14H,2-5,9H2,1H3/t10-,13+,14+/m0/s1. The van der Waals surface area contributed by atoms with E-state index in [1.54, 1.807) is 6.07 Å². The van der Waals surface area contributed by atoms with E-state index in [1.807, 2.05) is 0 Å². The molecular formula is C18H19BrFNO4. The fourth-order valence-electron chi connectivity index (χ4n) is 3.58. The van der Waals surface area contributed by atoms with E-state index in [0.29, 0.717) is 17.3 Å². The molecule has 0 aromatic heterocycles. The molecular weight excluding hydrogens is 393 g/mol. The van der Waals surface area contributed by atoms with Crippen LogP contribution in [0.2, 0.25) is 0 Å².